The van der Waals surface area contributed by atoms with Gasteiger partial charge in [0.2, 0.25) is 0 Å². The van der Waals surface area contributed by atoms with Gasteiger partial charge in [0.1, 0.15) is 28.9 Å². The molecule has 100 valence electrons. The fourth-order valence-electron chi connectivity index (χ4n) is 1.62. The molecular weight excluding hydrogens is 258 g/mol. The molecule has 0 aliphatic rings. The number of carbonyl (C=O) groups is 1. The summed E-state index contributed by atoms with van der Waals surface area (Å²) in [4.78, 5) is 10.7. The van der Waals surface area contributed by atoms with Gasteiger partial charge in [-0.3, -0.25) is 0 Å². The van der Waals surface area contributed by atoms with Gasteiger partial charge in [-0.25, -0.2) is 4.79 Å². The van der Waals surface area contributed by atoms with Crippen molar-refractivity contribution in [2.75, 3.05) is 7.11 Å². The van der Waals surface area contributed by atoms with Gasteiger partial charge in [0.15, 0.2) is 0 Å². The summed E-state index contributed by atoms with van der Waals surface area (Å²) in [5.41, 5.74) is 0.458. The number of ether oxygens (including phenoxy) is 1. The van der Waals surface area contributed by atoms with Crippen LogP contribution in [0.4, 0.5) is 0 Å². The lowest BCUT2D eigenvalue weighted by Gasteiger charge is -2.00. The minimum atomic E-state index is -1.28. The number of aliphatic carboxylic acids is 1. The number of methoxy groups -OCH3 is 1. The maximum Gasteiger partial charge on any atom is 0.346 e. The van der Waals surface area contributed by atoms with Gasteiger partial charge >= 0.3 is 5.97 Å². The van der Waals surface area contributed by atoms with Crippen molar-refractivity contribution in [2.45, 2.75) is 0 Å². The van der Waals surface area contributed by atoms with Crippen LogP contribution < -0.4 is 4.74 Å². The van der Waals surface area contributed by atoms with Gasteiger partial charge in [0.25, 0.3) is 0 Å². The summed E-state index contributed by atoms with van der Waals surface area (Å²) in [6.45, 7) is 0. The maximum atomic E-state index is 10.7. The molecule has 2 aromatic rings. The zero-order chi connectivity index (χ0) is 14.5. The van der Waals surface area contributed by atoms with Crippen LogP contribution in [-0.2, 0) is 4.79 Å². The lowest BCUT2D eigenvalue weighted by Crippen LogP contribution is -1.96. The second-order valence-electron chi connectivity index (χ2n) is 3.91. The Labute approximate surface area is 115 Å². The van der Waals surface area contributed by atoms with Crippen molar-refractivity contribution >= 4 is 12.0 Å². The molecule has 0 bridgehead atoms. The van der Waals surface area contributed by atoms with Crippen LogP contribution in [0.3, 0.4) is 0 Å². The van der Waals surface area contributed by atoms with Crippen molar-refractivity contribution < 1.29 is 19.1 Å². The van der Waals surface area contributed by atoms with Gasteiger partial charge in [-0.15, -0.1) is 0 Å². The highest BCUT2D eigenvalue weighted by Crippen LogP contribution is 2.25. The van der Waals surface area contributed by atoms with E-state index in [0.717, 1.165) is 11.3 Å². The number of rotatable bonds is 4. The largest absolute Gasteiger partial charge is 0.497 e. The smallest absolute Gasteiger partial charge is 0.346 e. The fourth-order valence-corrected chi connectivity index (χ4v) is 1.62. The molecule has 2 rings (SSSR count). The average molecular weight is 269 g/mol. The molecule has 0 atom stereocenters. The van der Waals surface area contributed by atoms with Gasteiger partial charge < -0.3 is 14.3 Å². The number of hydrogen-bond acceptors (Lipinski definition) is 4. The number of benzene rings is 1. The Hall–Kier alpha value is -3.00. The van der Waals surface area contributed by atoms with E-state index < -0.39 is 5.97 Å². The summed E-state index contributed by atoms with van der Waals surface area (Å²) >= 11 is 0. The first-order valence-corrected chi connectivity index (χ1v) is 5.73. The van der Waals surface area contributed by atoms with Crippen LogP contribution >= 0.6 is 0 Å². The third kappa shape index (κ3) is 2.87. The van der Waals surface area contributed by atoms with Crippen molar-refractivity contribution in [1.82, 2.24) is 0 Å². The lowest BCUT2D eigenvalue weighted by atomic mass is 10.2. The molecule has 0 unspecified atom stereocenters. The maximum absolute atomic E-state index is 10.7. The Kier molecular flexibility index (Phi) is 3.87. The second kappa shape index (κ2) is 5.76. The molecule has 1 N–H and O–H groups in total. The van der Waals surface area contributed by atoms with E-state index in [0.29, 0.717) is 11.5 Å². The zero-order valence-electron chi connectivity index (χ0n) is 10.7. The molecular formula is C15H11NO4. The number of nitriles is 1. The first kappa shape index (κ1) is 13.4. The van der Waals surface area contributed by atoms with Crippen LogP contribution in [-0.4, -0.2) is 18.2 Å². The molecule has 0 fully saturated rings. The first-order chi connectivity index (χ1) is 9.63. The SMILES string of the molecule is COc1ccc(-c2ccc(/C=C(/C#N)C(=O)O)o2)cc1. The molecule has 0 aliphatic heterocycles. The monoisotopic (exact) mass is 269 g/mol. The molecule has 5 nitrogen and oxygen atoms in total. The highest BCUT2D eigenvalue weighted by molar-refractivity contribution is 5.96. The molecule has 0 saturated heterocycles. The molecule has 0 spiro atoms. The molecule has 0 radical (unpaired) electrons. The van der Waals surface area contributed by atoms with Crippen molar-refractivity contribution in [3.05, 3.63) is 47.7 Å². The van der Waals surface area contributed by atoms with Crippen molar-refractivity contribution in [1.29, 1.82) is 5.26 Å². The van der Waals surface area contributed by atoms with Crippen LogP contribution in [0.25, 0.3) is 17.4 Å². The number of carboxylic acids is 1. The fraction of sp³-hybridized carbons (Fsp3) is 0.0667. The average Bonchev–Trinajstić information content (AvgIpc) is 2.93. The number of furan rings is 1. The third-order valence-corrected chi connectivity index (χ3v) is 2.64. The second-order valence-corrected chi connectivity index (χ2v) is 3.91. The molecule has 20 heavy (non-hydrogen) atoms. The van der Waals surface area contributed by atoms with Gasteiger partial charge in [0.05, 0.1) is 7.11 Å². The van der Waals surface area contributed by atoms with Gasteiger partial charge in [-0.05, 0) is 36.4 Å². The van der Waals surface area contributed by atoms with E-state index in [4.69, 9.17) is 19.5 Å². The minimum Gasteiger partial charge on any atom is -0.497 e. The van der Waals surface area contributed by atoms with Crippen LogP contribution in [0, 0.1) is 11.3 Å². The summed E-state index contributed by atoms with van der Waals surface area (Å²) in [7, 11) is 1.58. The predicted octanol–water partition coefficient (Wildman–Crippen LogP) is 2.95. The molecule has 0 saturated carbocycles. The van der Waals surface area contributed by atoms with Crippen molar-refractivity contribution in [2.24, 2.45) is 0 Å². The number of carboxylic acid groups (broad SMARTS) is 1. The van der Waals surface area contributed by atoms with E-state index in [1.807, 2.05) is 12.1 Å². The molecule has 1 aromatic heterocycles. The number of nitrogens with zero attached hydrogens (tertiary/aromatic N) is 1. The minimum absolute atomic E-state index is 0.315. The van der Waals surface area contributed by atoms with E-state index in [1.165, 1.54) is 6.08 Å². The van der Waals surface area contributed by atoms with Crippen molar-refractivity contribution in [3.8, 4) is 23.1 Å². The first-order valence-electron chi connectivity index (χ1n) is 5.73. The topological polar surface area (TPSA) is 83.5 Å². The third-order valence-electron chi connectivity index (χ3n) is 2.64. The number of hydrogen-bond donors (Lipinski definition) is 1. The van der Waals surface area contributed by atoms with Gasteiger partial charge in [0, 0.05) is 11.6 Å². The Bertz CT molecular complexity index is 689. The molecule has 1 heterocycles. The Morgan fingerprint density at radius 2 is 2.00 bits per heavy atom. The highest BCUT2D eigenvalue weighted by Gasteiger charge is 2.09. The normalized spacial score (nSPS) is 10.9. The van der Waals surface area contributed by atoms with Crippen molar-refractivity contribution in [3.63, 3.8) is 0 Å². The van der Waals surface area contributed by atoms with Crippen LogP contribution in [0.15, 0.2) is 46.4 Å². The summed E-state index contributed by atoms with van der Waals surface area (Å²) in [5, 5.41) is 17.5. The zero-order valence-corrected chi connectivity index (χ0v) is 10.7. The van der Waals surface area contributed by atoms with E-state index in [-0.39, 0.29) is 5.57 Å². The standard InChI is InChI=1S/C15H11NO4/c1-19-12-4-2-10(3-5-12)14-7-6-13(20-14)8-11(9-16)15(17)18/h2-8H,1H3,(H,17,18)/b11-8-. The van der Waals surface area contributed by atoms with E-state index in [9.17, 15) is 4.79 Å². The van der Waals surface area contributed by atoms with E-state index >= 15 is 0 Å². The van der Waals surface area contributed by atoms with Gasteiger partial charge in [-0.2, -0.15) is 5.26 Å². The van der Waals surface area contributed by atoms with Gasteiger partial charge in [-0.1, -0.05) is 0 Å². The Morgan fingerprint density at radius 1 is 1.30 bits per heavy atom. The van der Waals surface area contributed by atoms with Crippen LogP contribution in [0.5, 0.6) is 5.75 Å². The lowest BCUT2D eigenvalue weighted by molar-refractivity contribution is -0.132. The summed E-state index contributed by atoms with van der Waals surface area (Å²) in [6.07, 6.45) is 1.19. The summed E-state index contributed by atoms with van der Waals surface area (Å²) < 4.78 is 10.6. The van der Waals surface area contributed by atoms with Crippen LogP contribution in [0.2, 0.25) is 0 Å². The highest BCUT2D eigenvalue weighted by atomic mass is 16.5. The molecule has 0 aliphatic carbocycles. The molecule has 0 amide bonds. The van der Waals surface area contributed by atoms with E-state index in [2.05, 4.69) is 0 Å². The molecule has 1 aromatic carbocycles. The van der Waals surface area contributed by atoms with Crippen LogP contribution in [0.1, 0.15) is 5.76 Å². The van der Waals surface area contributed by atoms with E-state index in [1.54, 1.807) is 37.4 Å². The Balaban J connectivity index is 2.29. The quantitative estimate of drug-likeness (QED) is 0.681. The molecule has 5 heteroatoms. The summed E-state index contributed by atoms with van der Waals surface area (Å²) in [5.74, 6) is 0.351. The predicted molar refractivity (Wildman–Crippen MR) is 71.9 cm³/mol. The summed E-state index contributed by atoms with van der Waals surface area (Å²) in [6, 6.07) is 12.2. The Morgan fingerprint density at radius 3 is 2.55 bits per heavy atom.